The van der Waals surface area contributed by atoms with Crippen molar-refractivity contribution in [3.8, 4) is 0 Å². The van der Waals surface area contributed by atoms with Gasteiger partial charge in [0.15, 0.2) is 0 Å². The van der Waals surface area contributed by atoms with Crippen LogP contribution in [-0.2, 0) is 23.9 Å². The van der Waals surface area contributed by atoms with E-state index in [0.717, 1.165) is 0 Å². The van der Waals surface area contributed by atoms with Crippen LogP contribution in [0.1, 0.15) is 40.5 Å². The third-order valence-electron chi connectivity index (χ3n) is 3.13. The Bertz CT molecular complexity index is 574. The van der Waals surface area contributed by atoms with Gasteiger partial charge in [0.25, 0.3) is 0 Å². The van der Waals surface area contributed by atoms with Gasteiger partial charge in [-0.25, -0.2) is 9.59 Å². The quantitative estimate of drug-likeness (QED) is 0.608. The fourth-order valence-electron chi connectivity index (χ4n) is 2.13. The standard InChI is InChI=1S/C16H24N2O6/c1-10(19)8-13(20)17-12-6-7-18(9-11(12)14(21)23-5)15(22)24-16(2,3)4/h6-9H2,1-5H3,(H,17,20). The predicted octanol–water partition coefficient (Wildman–Crippen LogP) is 1.15. The molecule has 0 radical (unpaired) electrons. The second kappa shape index (κ2) is 7.94. The van der Waals surface area contributed by atoms with Gasteiger partial charge in [-0.15, -0.1) is 0 Å². The number of nitrogens with zero attached hydrogens (tertiary/aromatic N) is 1. The summed E-state index contributed by atoms with van der Waals surface area (Å²) in [5.74, 6) is -1.41. The number of ether oxygens (including phenoxy) is 2. The number of rotatable bonds is 4. The van der Waals surface area contributed by atoms with Crippen LogP contribution in [0.3, 0.4) is 0 Å². The molecule has 24 heavy (non-hydrogen) atoms. The van der Waals surface area contributed by atoms with Crippen LogP contribution in [0.15, 0.2) is 11.3 Å². The van der Waals surface area contributed by atoms with Gasteiger partial charge in [0.1, 0.15) is 11.4 Å². The molecule has 1 heterocycles. The first kappa shape index (κ1) is 19.7. The van der Waals surface area contributed by atoms with Crippen molar-refractivity contribution in [3.05, 3.63) is 11.3 Å². The van der Waals surface area contributed by atoms with E-state index in [9.17, 15) is 19.2 Å². The normalized spacial score (nSPS) is 15.0. The number of methoxy groups -OCH3 is 1. The summed E-state index contributed by atoms with van der Waals surface area (Å²) < 4.78 is 10.0. The average molecular weight is 340 g/mol. The molecule has 134 valence electrons. The third kappa shape index (κ3) is 6.02. The van der Waals surface area contributed by atoms with Gasteiger partial charge in [0.05, 0.1) is 25.6 Å². The second-order valence-corrected chi connectivity index (χ2v) is 6.53. The predicted molar refractivity (Wildman–Crippen MR) is 84.9 cm³/mol. The van der Waals surface area contributed by atoms with Crippen molar-refractivity contribution >= 4 is 23.8 Å². The molecule has 0 atom stereocenters. The van der Waals surface area contributed by atoms with Crippen molar-refractivity contribution in [2.45, 2.75) is 46.1 Å². The summed E-state index contributed by atoms with van der Waals surface area (Å²) in [5, 5.41) is 2.56. The Balaban J connectivity index is 2.92. The molecule has 0 spiro atoms. The lowest BCUT2D eigenvalue weighted by Gasteiger charge is -2.31. The van der Waals surface area contributed by atoms with E-state index < -0.39 is 23.6 Å². The lowest BCUT2D eigenvalue weighted by Crippen LogP contribution is -2.44. The number of hydrogen-bond donors (Lipinski definition) is 1. The zero-order chi connectivity index (χ0) is 18.5. The number of carbonyl (C=O) groups is 4. The van der Waals surface area contributed by atoms with Crippen LogP contribution in [0, 0.1) is 0 Å². The van der Waals surface area contributed by atoms with Gasteiger partial charge in [-0.2, -0.15) is 0 Å². The minimum absolute atomic E-state index is 0.0305. The van der Waals surface area contributed by atoms with E-state index in [4.69, 9.17) is 9.47 Å². The van der Waals surface area contributed by atoms with Crippen LogP contribution in [-0.4, -0.2) is 54.5 Å². The fraction of sp³-hybridized carbons (Fsp3) is 0.625. The summed E-state index contributed by atoms with van der Waals surface area (Å²) in [6, 6.07) is 0. The lowest BCUT2D eigenvalue weighted by atomic mass is 10.1. The first-order valence-corrected chi connectivity index (χ1v) is 7.61. The number of amides is 2. The van der Waals surface area contributed by atoms with Gasteiger partial charge in [0, 0.05) is 18.7 Å². The van der Waals surface area contributed by atoms with Crippen LogP contribution in [0.2, 0.25) is 0 Å². The summed E-state index contributed by atoms with van der Waals surface area (Å²) in [6.45, 7) is 6.81. The molecule has 0 aromatic carbocycles. The number of esters is 1. The topological polar surface area (TPSA) is 102 Å². The van der Waals surface area contributed by atoms with Crippen molar-refractivity contribution in [1.82, 2.24) is 10.2 Å². The first-order chi connectivity index (χ1) is 11.0. The molecule has 1 aliphatic rings. The number of nitrogens with one attached hydrogen (secondary N) is 1. The van der Waals surface area contributed by atoms with Crippen molar-refractivity contribution < 1.29 is 28.7 Å². The molecule has 0 saturated carbocycles. The zero-order valence-corrected chi connectivity index (χ0v) is 14.7. The maximum atomic E-state index is 12.1. The van der Waals surface area contributed by atoms with Crippen LogP contribution in [0.5, 0.6) is 0 Å². The fourth-order valence-corrected chi connectivity index (χ4v) is 2.13. The Morgan fingerprint density at radius 3 is 2.33 bits per heavy atom. The minimum atomic E-state index is -0.651. The molecule has 8 heteroatoms. The molecular formula is C16H24N2O6. The number of ketones is 1. The van der Waals surface area contributed by atoms with E-state index in [1.165, 1.54) is 18.9 Å². The monoisotopic (exact) mass is 340 g/mol. The highest BCUT2D eigenvalue weighted by Crippen LogP contribution is 2.20. The highest BCUT2D eigenvalue weighted by molar-refractivity contribution is 5.98. The van der Waals surface area contributed by atoms with Crippen molar-refractivity contribution in [2.75, 3.05) is 20.2 Å². The average Bonchev–Trinajstić information content (AvgIpc) is 2.44. The number of Topliss-reactive ketones (excluding diaryl/α,β-unsaturated/α-hetero) is 1. The molecule has 0 bridgehead atoms. The molecular weight excluding hydrogens is 316 g/mol. The molecule has 0 aromatic rings. The third-order valence-corrected chi connectivity index (χ3v) is 3.13. The van der Waals surface area contributed by atoms with Gasteiger partial charge in [-0.3, -0.25) is 9.59 Å². The molecule has 0 fully saturated rings. The van der Waals surface area contributed by atoms with E-state index in [0.29, 0.717) is 5.70 Å². The van der Waals surface area contributed by atoms with Gasteiger partial charge >= 0.3 is 12.1 Å². The van der Waals surface area contributed by atoms with Crippen LogP contribution < -0.4 is 5.32 Å². The minimum Gasteiger partial charge on any atom is -0.466 e. The maximum absolute atomic E-state index is 12.1. The Kier molecular flexibility index (Phi) is 6.51. The van der Waals surface area contributed by atoms with E-state index in [1.54, 1.807) is 20.8 Å². The first-order valence-electron chi connectivity index (χ1n) is 7.61. The molecule has 1 aliphatic heterocycles. The molecule has 0 saturated heterocycles. The van der Waals surface area contributed by atoms with Crippen molar-refractivity contribution in [3.63, 3.8) is 0 Å². The molecule has 2 amide bonds. The summed E-state index contributed by atoms with van der Waals surface area (Å²) in [5.41, 5.74) is -0.109. The summed E-state index contributed by atoms with van der Waals surface area (Å²) in [6.07, 6.45) is -0.556. The molecule has 1 rings (SSSR count). The Morgan fingerprint density at radius 2 is 1.83 bits per heavy atom. The lowest BCUT2D eigenvalue weighted by molar-refractivity contribution is -0.136. The highest BCUT2D eigenvalue weighted by atomic mass is 16.6. The molecule has 8 nitrogen and oxygen atoms in total. The van der Waals surface area contributed by atoms with Crippen LogP contribution in [0.25, 0.3) is 0 Å². The summed E-state index contributed by atoms with van der Waals surface area (Å²) >= 11 is 0. The largest absolute Gasteiger partial charge is 0.466 e. The van der Waals surface area contributed by atoms with Crippen molar-refractivity contribution in [2.24, 2.45) is 0 Å². The van der Waals surface area contributed by atoms with Gasteiger partial charge in [0.2, 0.25) is 5.91 Å². The second-order valence-electron chi connectivity index (χ2n) is 6.53. The number of hydrogen-bond acceptors (Lipinski definition) is 6. The Labute approximate surface area is 141 Å². The van der Waals surface area contributed by atoms with Gasteiger partial charge in [-0.05, 0) is 27.7 Å². The van der Waals surface area contributed by atoms with Crippen LogP contribution >= 0.6 is 0 Å². The van der Waals surface area contributed by atoms with Gasteiger partial charge < -0.3 is 19.7 Å². The van der Waals surface area contributed by atoms with E-state index in [-0.39, 0.29) is 37.3 Å². The smallest absolute Gasteiger partial charge is 0.410 e. The maximum Gasteiger partial charge on any atom is 0.410 e. The van der Waals surface area contributed by atoms with E-state index >= 15 is 0 Å². The van der Waals surface area contributed by atoms with Gasteiger partial charge in [-0.1, -0.05) is 0 Å². The Hall–Kier alpha value is -2.38. The molecule has 1 N–H and O–H groups in total. The molecule has 0 aromatic heterocycles. The molecule has 0 aliphatic carbocycles. The summed E-state index contributed by atoms with van der Waals surface area (Å²) in [7, 11) is 1.22. The van der Waals surface area contributed by atoms with E-state index in [2.05, 4.69) is 5.32 Å². The van der Waals surface area contributed by atoms with E-state index in [1.807, 2.05) is 0 Å². The SMILES string of the molecule is COC(=O)C1=C(NC(=O)CC(C)=O)CCN(C(=O)OC(C)(C)C)C1. The Morgan fingerprint density at radius 1 is 1.21 bits per heavy atom. The highest BCUT2D eigenvalue weighted by Gasteiger charge is 2.30. The summed E-state index contributed by atoms with van der Waals surface area (Å²) in [4.78, 5) is 48.2. The zero-order valence-electron chi connectivity index (χ0n) is 14.7. The van der Waals surface area contributed by atoms with Crippen molar-refractivity contribution in [1.29, 1.82) is 0 Å². The number of carbonyl (C=O) groups excluding carboxylic acids is 4. The molecule has 0 unspecified atom stereocenters. The van der Waals surface area contributed by atoms with Crippen LogP contribution in [0.4, 0.5) is 4.79 Å².